The van der Waals surface area contributed by atoms with Gasteiger partial charge in [0.2, 0.25) is 5.91 Å². The van der Waals surface area contributed by atoms with Gasteiger partial charge in [-0.3, -0.25) is 14.5 Å². The summed E-state index contributed by atoms with van der Waals surface area (Å²) in [7, 11) is 0. The van der Waals surface area contributed by atoms with Gasteiger partial charge in [0.15, 0.2) is 0 Å². The number of hydrogen-bond acceptors (Lipinski definition) is 5. The number of hydrogen-bond donors (Lipinski definition) is 1. The summed E-state index contributed by atoms with van der Waals surface area (Å²) in [6, 6.07) is 7.62. The number of amides is 1. The Morgan fingerprint density at radius 3 is 2.62 bits per heavy atom. The van der Waals surface area contributed by atoms with Crippen molar-refractivity contribution in [2.45, 2.75) is 31.6 Å². The lowest BCUT2D eigenvalue weighted by Gasteiger charge is -2.30. The van der Waals surface area contributed by atoms with E-state index in [1.165, 1.54) is 29.1 Å². The molecule has 176 valence electrons. The highest BCUT2D eigenvalue weighted by Crippen LogP contribution is 2.34. The molecule has 4 rings (SSSR count). The summed E-state index contributed by atoms with van der Waals surface area (Å²) in [5.41, 5.74) is 5.98. The quantitative estimate of drug-likeness (QED) is 0.585. The lowest BCUT2D eigenvalue weighted by atomic mass is 10.0. The minimum absolute atomic E-state index is 0.0960. The molecule has 1 unspecified atom stereocenters. The van der Waals surface area contributed by atoms with E-state index < -0.39 is 17.7 Å². The predicted octanol–water partition coefficient (Wildman–Crippen LogP) is 3.59. The van der Waals surface area contributed by atoms with Gasteiger partial charge in [-0.1, -0.05) is 12.1 Å². The van der Waals surface area contributed by atoms with Crippen molar-refractivity contribution >= 4 is 5.91 Å². The fraction of sp³-hybridized carbons (Fsp3) is 0.304. The fourth-order valence-electron chi connectivity index (χ4n) is 3.88. The summed E-state index contributed by atoms with van der Waals surface area (Å²) in [4.78, 5) is 17.9. The van der Waals surface area contributed by atoms with E-state index in [0.717, 1.165) is 31.2 Å². The van der Waals surface area contributed by atoms with Gasteiger partial charge < -0.3 is 10.6 Å². The van der Waals surface area contributed by atoms with Gasteiger partial charge >= 0.3 is 6.18 Å². The largest absolute Gasteiger partial charge is 0.433 e. The third-order valence-electron chi connectivity index (χ3n) is 5.60. The van der Waals surface area contributed by atoms with E-state index in [1.807, 2.05) is 0 Å². The SMILES string of the molecule is N#Cc1ccc(-c2nn(CC(=O)N3CCCC(N)C3)cc2-c2ccc(C(F)(F)F)nc2)cc1F. The molecule has 2 N–H and O–H groups in total. The second kappa shape index (κ2) is 9.23. The lowest BCUT2D eigenvalue weighted by Crippen LogP contribution is -2.46. The van der Waals surface area contributed by atoms with Gasteiger partial charge in [0.25, 0.3) is 0 Å². The molecular weight excluding hydrogens is 452 g/mol. The highest BCUT2D eigenvalue weighted by molar-refractivity contribution is 5.81. The summed E-state index contributed by atoms with van der Waals surface area (Å²) in [5.74, 6) is -0.961. The summed E-state index contributed by atoms with van der Waals surface area (Å²) >= 11 is 0. The zero-order valence-electron chi connectivity index (χ0n) is 17.9. The summed E-state index contributed by atoms with van der Waals surface area (Å²) < 4.78 is 54.5. The number of benzene rings is 1. The Bertz CT molecular complexity index is 1250. The fourth-order valence-corrected chi connectivity index (χ4v) is 3.88. The number of aromatic nitrogens is 3. The molecule has 34 heavy (non-hydrogen) atoms. The Hall–Kier alpha value is -3.78. The van der Waals surface area contributed by atoms with Crippen molar-refractivity contribution in [2.75, 3.05) is 13.1 Å². The van der Waals surface area contributed by atoms with Crippen LogP contribution in [0.1, 0.15) is 24.1 Å². The van der Waals surface area contributed by atoms with Crippen molar-refractivity contribution < 1.29 is 22.4 Å². The predicted molar refractivity (Wildman–Crippen MR) is 114 cm³/mol. The molecule has 0 radical (unpaired) electrons. The number of rotatable bonds is 4. The Labute approximate surface area is 192 Å². The number of carbonyl (C=O) groups excluding carboxylic acids is 1. The van der Waals surface area contributed by atoms with Crippen molar-refractivity contribution in [3.8, 4) is 28.5 Å². The maximum atomic E-state index is 14.3. The van der Waals surface area contributed by atoms with Crippen molar-refractivity contribution in [3.05, 3.63) is 59.8 Å². The number of pyridine rings is 1. The first-order valence-corrected chi connectivity index (χ1v) is 10.5. The highest BCUT2D eigenvalue weighted by atomic mass is 19.4. The van der Waals surface area contributed by atoms with E-state index in [0.29, 0.717) is 29.8 Å². The second-order valence-electron chi connectivity index (χ2n) is 8.07. The van der Waals surface area contributed by atoms with Crippen LogP contribution >= 0.6 is 0 Å². The summed E-state index contributed by atoms with van der Waals surface area (Å²) in [6.45, 7) is 0.896. The second-order valence-corrected chi connectivity index (χ2v) is 8.07. The molecular formula is C23H20F4N6O. The van der Waals surface area contributed by atoms with Crippen LogP contribution in [0.3, 0.4) is 0 Å². The Balaban J connectivity index is 1.71. The van der Waals surface area contributed by atoms with Crippen molar-refractivity contribution in [1.29, 1.82) is 5.26 Å². The average molecular weight is 472 g/mol. The van der Waals surface area contributed by atoms with Gasteiger partial charge in [-0.15, -0.1) is 0 Å². The molecule has 1 saturated heterocycles. The van der Waals surface area contributed by atoms with Crippen molar-refractivity contribution in [3.63, 3.8) is 0 Å². The molecule has 1 aliphatic rings. The third kappa shape index (κ3) is 4.92. The molecule has 7 nitrogen and oxygen atoms in total. The van der Waals surface area contributed by atoms with Crippen LogP contribution in [0, 0.1) is 17.1 Å². The molecule has 0 aliphatic carbocycles. The molecule has 1 aliphatic heterocycles. The first-order chi connectivity index (χ1) is 16.2. The molecule has 1 atom stereocenters. The topological polar surface area (TPSA) is 101 Å². The molecule has 0 bridgehead atoms. The number of nitrogens with zero attached hydrogens (tertiary/aromatic N) is 5. The van der Waals surface area contributed by atoms with Crippen LogP contribution in [0.25, 0.3) is 22.4 Å². The smallest absolute Gasteiger partial charge is 0.340 e. The minimum Gasteiger partial charge on any atom is -0.340 e. The van der Waals surface area contributed by atoms with Gasteiger partial charge in [-0.2, -0.15) is 23.5 Å². The molecule has 0 spiro atoms. The van der Waals surface area contributed by atoms with Crippen LogP contribution in [-0.2, 0) is 17.5 Å². The Morgan fingerprint density at radius 1 is 1.24 bits per heavy atom. The molecule has 3 aromatic rings. The van der Waals surface area contributed by atoms with Crippen LogP contribution in [0.15, 0.2) is 42.7 Å². The number of halogens is 4. The minimum atomic E-state index is -4.59. The molecule has 0 saturated carbocycles. The Morgan fingerprint density at radius 2 is 2.00 bits per heavy atom. The zero-order chi connectivity index (χ0) is 24.5. The number of nitrogens with two attached hydrogens (primary N) is 1. The van der Waals surface area contributed by atoms with Crippen LogP contribution in [-0.4, -0.2) is 44.7 Å². The van der Waals surface area contributed by atoms with Crippen LogP contribution < -0.4 is 5.73 Å². The number of carbonyl (C=O) groups is 1. The van der Waals surface area contributed by atoms with Gasteiger partial charge in [0.1, 0.15) is 29.8 Å². The first kappa shape index (κ1) is 23.4. The van der Waals surface area contributed by atoms with E-state index >= 15 is 0 Å². The third-order valence-corrected chi connectivity index (χ3v) is 5.60. The maximum absolute atomic E-state index is 14.3. The van der Waals surface area contributed by atoms with E-state index in [4.69, 9.17) is 11.0 Å². The monoisotopic (exact) mass is 472 g/mol. The van der Waals surface area contributed by atoms with Gasteiger partial charge in [-0.05, 0) is 31.0 Å². The normalized spacial score (nSPS) is 16.4. The molecule has 3 heterocycles. The van der Waals surface area contributed by atoms with Gasteiger partial charge in [0.05, 0.1) is 5.56 Å². The summed E-state index contributed by atoms with van der Waals surface area (Å²) in [5, 5.41) is 13.4. The molecule has 2 aromatic heterocycles. The number of nitriles is 1. The standard InChI is InChI=1S/C23H20F4N6O/c24-19-8-14(3-4-15(19)9-28)22-18(16-5-6-20(30-10-16)23(25,26)27)12-33(31-22)13-21(34)32-7-1-2-17(29)11-32/h3-6,8,10,12,17H,1-2,7,11,13,29H2. The lowest BCUT2D eigenvalue weighted by molar-refractivity contribution is -0.141. The Kier molecular flexibility index (Phi) is 6.34. The number of likely N-dealkylation sites (tertiary alicyclic amines) is 1. The van der Waals surface area contributed by atoms with Crippen LogP contribution in [0.4, 0.5) is 17.6 Å². The number of alkyl halides is 3. The molecule has 1 aromatic carbocycles. The van der Waals surface area contributed by atoms with Gasteiger partial charge in [-0.25, -0.2) is 4.39 Å². The molecule has 11 heteroatoms. The number of piperidine rings is 1. The average Bonchev–Trinajstić information content (AvgIpc) is 3.22. The van der Waals surface area contributed by atoms with E-state index in [-0.39, 0.29) is 29.8 Å². The molecule has 1 amide bonds. The van der Waals surface area contributed by atoms with E-state index in [2.05, 4.69) is 10.1 Å². The van der Waals surface area contributed by atoms with Gasteiger partial charge in [0, 0.05) is 48.2 Å². The summed E-state index contributed by atoms with van der Waals surface area (Å²) in [6.07, 6.45) is -0.393. The van der Waals surface area contributed by atoms with Crippen molar-refractivity contribution in [2.24, 2.45) is 5.73 Å². The van der Waals surface area contributed by atoms with Crippen molar-refractivity contribution in [1.82, 2.24) is 19.7 Å². The van der Waals surface area contributed by atoms with Crippen LogP contribution in [0.5, 0.6) is 0 Å². The van der Waals surface area contributed by atoms with Crippen LogP contribution in [0.2, 0.25) is 0 Å². The first-order valence-electron chi connectivity index (χ1n) is 10.5. The zero-order valence-corrected chi connectivity index (χ0v) is 17.9. The maximum Gasteiger partial charge on any atom is 0.433 e. The van der Waals surface area contributed by atoms with E-state index in [1.54, 1.807) is 11.0 Å². The molecule has 1 fully saturated rings. The van der Waals surface area contributed by atoms with E-state index in [9.17, 15) is 22.4 Å². The highest BCUT2D eigenvalue weighted by Gasteiger charge is 2.32.